The van der Waals surface area contributed by atoms with Crippen molar-refractivity contribution in [1.29, 1.82) is 5.26 Å². The molecule has 1 fully saturated rings. The Morgan fingerprint density at radius 2 is 2.03 bits per heavy atom. The fourth-order valence-electron chi connectivity index (χ4n) is 5.92. The highest BCUT2D eigenvalue weighted by Crippen LogP contribution is 2.40. The zero-order chi connectivity index (χ0) is 26.4. The van der Waals surface area contributed by atoms with Crippen LogP contribution in [0.3, 0.4) is 0 Å². The van der Waals surface area contributed by atoms with Crippen molar-refractivity contribution in [2.45, 2.75) is 50.8 Å². The Bertz CT molecular complexity index is 1740. The van der Waals surface area contributed by atoms with Crippen LogP contribution in [-0.2, 0) is 6.54 Å². The van der Waals surface area contributed by atoms with Gasteiger partial charge in [0.1, 0.15) is 11.8 Å². The fourth-order valence-corrected chi connectivity index (χ4v) is 5.92. The predicted octanol–water partition coefficient (Wildman–Crippen LogP) is 4.88. The average molecular weight is 505 g/mol. The first-order valence-corrected chi connectivity index (χ1v) is 12.8. The third-order valence-corrected chi connectivity index (χ3v) is 7.68. The molecule has 0 radical (unpaired) electrons. The number of nitriles is 1. The lowest BCUT2D eigenvalue weighted by Gasteiger charge is -2.37. The van der Waals surface area contributed by atoms with E-state index in [-0.39, 0.29) is 6.04 Å². The SMILES string of the molecule is Cc1cc(-c2nn(C3CCCC(O)(Cn4cc(C#N)c5ccccc54)C3)c3ccc(C(N)=O)cc23)ccn1. The van der Waals surface area contributed by atoms with Crippen LogP contribution in [-0.4, -0.2) is 35.9 Å². The standard InChI is InChI=1S/C30H28N6O2/c1-19-13-20(10-12-33-19)28-25-14-21(29(32)37)8-9-27(25)36(34-28)23-5-4-11-30(38,15-23)18-35-17-22(16-31)24-6-2-3-7-26(24)35/h2-3,6-10,12-14,17,23,38H,4-5,11,15,18H2,1H3,(H2,32,37). The van der Waals surface area contributed by atoms with Gasteiger partial charge in [-0.05, 0) is 62.6 Å². The molecule has 8 heteroatoms. The van der Waals surface area contributed by atoms with Crippen molar-refractivity contribution in [2.75, 3.05) is 0 Å². The highest BCUT2D eigenvalue weighted by Gasteiger charge is 2.37. The van der Waals surface area contributed by atoms with Gasteiger partial charge in [-0.25, -0.2) is 0 Å². The summed E-state index contributed by atoms with van der Waals surface area (Å²) in [5.74, 6) is -0.487. The maximum Gasteiger partial charge on any atom is 0.248 e. The van der Waals surface area contributed by atoms with Gasteiger partial charge < -0.3 is 15.4 Å². The maximum absolute atomic E-state index is 12.0. The van der Waals surface area contributed by atoms with Gasteiger partial charge in [-0.2, -0.15) is 10.4 Å². The second-order valence-electron chi connectivity index (χ2n) is 10.3. The van der Waals surface area contributed by atoms with Crippen molar-refractivity contribution in [3.05, 3.63) is 83.8 Å². The van der Waals surface area contributed by atoms with Gasteiger partial charge in [0.2, 0.25) is 5.91 Å². The van der Waals surface area contributed by atoms with Gasteiger partial charge in [0.15, 0.2) is 0 Å². The Balaban J connectivity index is 1.40. The number of primary amides is 1. The normalized spacial score (nSPS) is 19.6. The van der Waals surface area contributed by atoms with Crippen molar-refractivity contribution in [3.63, 3.8) is 0 Å². The van der Waals surface area contributed by atoms with Crippen LogP contribution in [0.4, 0.5) is 0 Å². The zero-order valence-electron chi connectivity index (χ0n) is 21.1. The van der Waals surface area contributed by atoms with Crippen LogP contribution in [0.2, 0.25) is 0 Å². The van der Waals surface area contributed by atoms with E-state index in [0.29, 0.717) is 30.5 Å². The van der Waals surface area contributed by atoms with Gasteiger partial charge >= 0.3 is 0 Å². The first-order valence-electron chi connectivity index (χ1n) is 12.8. The summed E-state index contributed by atoms with van der Waals surface area (Å²) in [5.41, 5.74) is 10.1. The van der Waals surface area contributed by atoms with Crippen LogP contribution < -0.4 is 5.73 Å². The van der Waals surface area contributed by atoms with Gasteiger partial charge in [0.25, 0.3) is 0 Å². The molecule has 0 saturated heterocycles. The molecule has 0 aliphatic heterocycles. The molecule has 3 N–H and O–H groups in total. The van der Waals surface area contributed by atoms with Crippen molar-refractivity contribution >= 4 is 27.7 Å². The summed E-state index contributed by atoms with van der Waals surface area (Å²) in [6.07, 6.45) is 6.50. The smallest absolute Gasteiger partial charge is 0.248 e. The van der Waals surface area contributed by atoms with Crippen LogP contribution in [0.15, 0.2) is 67.0 Å². The summed E-state index contributed by atoms with van der Waals surface area (Å²) >= 11 is 0. The largest absolute Gasteiger partial charge is 0.388 e. The van der Waals surface area contributed by atoms with E-state index < -0.39 is 11.5 Å². The van der Waals surface area contributed by atoms with Crippen LogP contribution in [0.1, 0.15) is 53.3 Å². The van der Waals surface area contributed by atoms with E-state index in [1.165, 1.54) is 0 Å². The molecular weight excluding hydrogens is 476 g/mol. The lowest BCUT2D eigenvalue weighted by Crippen LogP contribution is -2.40. The molecule has 2 unspecified atom stereocenters. The molecule has 1 aliphatic rings. The minimum Gasteiger partial charge on any atom is -0.388 e. The second-order valence-corrected chi connectivity index (χ2v) is 10.3. The van der Waals surface area contributed by atoms with E-state index in [1.54, 1.807) is 18.3 Å². The van der Waals surface area contributed by atoms with E-state index >= 15 is 0 Å². The molecule has 1 saturated carbocycles. The highest BCUT2D eigenvalue weighted by atomic mass is 16.3. The summed E-state index contributed by atoms with van der Waals surface area (Å²) in [4.78, 5) is 16.3. The molecule has 1 amide bonds. The number of pyridine rings is 1. The Labute approximate surface area is 219 Å². The van der Waals surface area contributed by atoms with E-state index in [2.05, 4.69) is 11.1 Å². The van der Waals surface area contributed by atoms with Crippen molar-refractivity contribution in [3.8, 4) is 17.3 Å². The molecule has 2 aromatic carbocycles. The number of aliphatic hydroxyl groups is 1. The number of amides is 1. The lowest BCUT2D eigenvalue weighted by molar-refractivity contribution is -0.0276. The number of aryl methyl sites for hydroxylation is 1. The molecule has 38 heavy (non-hydrogen) atoms. The quantitative estimate of drug-likeness (QED) is 0.353. The number of carbonyl (C=O) groups excluding carboxylic acids is 1. The minimum absolute atomic E-state index is 0.0374. The Kier molecular flexibility index (Phi) is 5.73. The van der Waals surface area contributed by atoms with Gasteiger partial charge in [-0.1, -0.05) is 18.2 Å². The van der Waals surface area contributed by atoms with Gasteiger partial charge in [-0.3, -0.25) is 14.5 Å². The number of nitrogens with zero attached hydrogens (tertiary/aromatic N) is 5. The number of carbonyl (C=O) groups is 1. The minimum atomic E-state index is -0.962. The van der Waals surface area contributed by atoms with E-state index in [4.69, 9.17) is 10.8 Å². The number of hydrogen-bond acceptors (Lipinski definition) is 5. The highest BCUT2D eigenvalue weighted by molar-refractivity contribution is 6.01. The Morgan fingerprint density at radius 1 is 1.18 bits per heavy atom. The van der Waals surface area contributed by atoms with Crippen LogP contribution in [0, 0.1) is 18.3 Å². The zero-order valence-corrected chi connectivity index (χ0v) is 21.1. The molecule has 6 rings (SSSR count). The predicted molar refractivity (Wildman–Crippen MR) is 145 cm³/mol. The van der Waals surface area contributed by atoms with Gasteiger partial charge in [-0.15, -0.1) is 0 Å². The van der Waals surface area contributed by atoms with E-state index in [0.717, 1.165) is 51.6 Å². The first-order chi connectivity index (χ1) is 18.3. The molecular formula is C30H28N6O2. The van der Waals surface area contributed by atoms with E-state index in [9.17, 15) is 15.2 Å². The van der Waals surface area contributed by atoms with E-state index in [1.807, 2.05) is 64.8 Å². The summed E-state index contributed by atoms with van der Waals surface area (Å²) < 4.78 is 4.01. The number of nitrogens with two attached hydrogens (primary N) is 1. The first kappa shape index (κ1) is 23.9. The molecule has 0 bridgehead atoms. The molecule has 3 heterocycles. The third-order valence-electron chi connectivity index (χ3n) is 7.68. The number of benzene rings is 2. The number of rotatable bonds is 5. The number of aromatic nitrogens is 4. The van der Waals surface area contributed by atoms with Crippen LogP contribution in [0.25, 0.3) is 33.1 Å². The average Bonchev–Trinajstić information content (AvgIpc) is 3.46. The number of fused-ring (bicyclic) bond motifs is 2. The number of hydrogen-bond donors (Lipinski definition) is 2. The Hall–Kier alpha value is -4.48. The molecule has 0 spiro atoms. The monoisotopic (exact) mass is 504 g/mol. The second kappa shape index (κ2) is 9.12. The molecule has 2 atom stereocenters. The molecule has 190 valence electrons. The van der Waals surface area contributed by atoms with Crippen molar-refractivity contribution in [1.82, 2.24) is 19.3 Å². The summed E-state index contributed by atoms with van der Waals surface area (Å²) in [5, 5.41) is 28.2. The molecule has 3 aromatic heterocycles. The lowest BCUT2D eigenvalue weighted by atomic mass is 9.81. The summed E-state index contributed by atoms with van der Waals surface area (Å²) in [7, 11) is 0. The third kappa shape index (κ3) is 4.11. The van der Waals surface area contributed by atoms with Crippen LogP contribution in [0.5, 0.6) is 0 Å². The maximum atomic E-state index is 12.0. The summed E-state index contributed by atoms with van der Waals surface area (Å²) in [6, 6.07) is 19.4. The summed E-state index contributed by atoms with van der Waals surface area (Å²) in [6.45, 7) is 2.33. The number of para-hydroxylation sites is 1. The van der Waals surface area contributed by atoms with Gasteiger partial charge in [0, 0.05) is 51.9 Å². The molecule has 8 nitrogen and oxygen atoms in total. The fraction of sp³-hybridized carbons (Fsp3) is 0.267. The molecule has 1 aliphatic carbocycles. The Morgan fingerprint density at radius 3 is 2.82 bits per heavy atom. The van der Waals surface area contributed by atoms with Crippen LogP contribution >= 0.6 is 0 Å². The van der Waals surface area contributed by atoms with Crippen molar-refractivity contribution in [2.24, 2.45) is 5.73 Å². The van der Waals surface area contributed by atoms with Gasteiger partial charge in [0.05, 0.1) is 29.3 Å². The topological polar surface area (TPSA) is 123 Å². The van der Waals surface area contributed by atoms with Crippen molar-refractivity contribution < 1.29 is 9.90 Å². The molecule has 5 aromatic rings.